The molecule has 0 saturated heterocycles. The second-order valence-corrected chi connectivity index (χ2v) is 3.71. The Kier molecular flexibility index (Phi) is 7.64. The fraction of sp³-hybridized carbons (Fsp3) is 0.800. The van der Waals surface area contributed by atoms with Gasteiger partial charge < -0.3 is 30.5 Å². The van der Waals surface area contributed by atoms with Crippen LogP contribution < -0.4 is 5.32 Å². The Labute approximate surface area is 99.1 Å². The van der Waals surface area contributed by atoms with E-state index in [1.54, 1.807) is 6.92 Å². The van der Waals surface area contributed by atoms with Crippen LogP contribution in [0, 0.1) is 0 Å². The number of aliphatic hydroxyl groups is 4. The zero-order valence-corrected chi connectivity index (χ0v) is 9.61. The summed E-state index contributed by atoms with van der Waals surface area (Å²) in [7, 11) is 0. The second kappa shape index (κ2) is 8.13. The number of rotatable bonds is 8. The van der Waals surface area contributed by atoms with Crippen LogP contribution in [0.5, 0.6) is 0 Å². The van der Waals surface area contributed by atoms with E-state index in [9.17, 15) is 19.8 Å². The van der Waals surface area contributed by atoms with Gasteiger partial charge in [-0.25, -0.2) is 0 Å². The van der Waals surface area contributed by atoms with Gasteiger partial charge in [0.25, 0.3) is 0 Å². The molecule has 7 nitrogen and oxygen atoms in total. The van der Waals surface area contributed by atoms with Crippen molar-refractivity contribution in [3.8, 4) is 0 Å². The highest BCUT2D eigenvalue weighted by Gasteiger charge is 2.31. The number of nitrogens with one attached hydrogen (secondary N) is 1. The van der Waals surface area contributed by atoms with Crippen molar-refractivity contribution in [3.63, 3.8) is 0 Å². The van der Waals surface area contributed by atoms with Gasteiger partial charge in [-0.3, -0.25) is 4.79 Å². The summed E-state index contributed by atoms with van der Waals surface area (Å²) in [5.74, 6) is -0.436. The summed E-state index contributed by atoms with van der Waals surface area (Å²) < 4.78 is 0. The van der Waals surface area contributed by atoms with Gasteiger partial charge in [-0.2, -0.15) is 0 Å². The van der Waals surface area contributed by atoms with Gasteiger partial charge in [-0.15, -0.1) is 0 Å². The van der Waals surface area contributed by atoms with E-state index in [1.807, 2.05) is 0 Å². The number of carbonyl (C=O) groups excluding carboxylic acids is 2. The number of hydrogen-bond acceptors (Lipinski definition) is 6. The summed E-state index contributed by atoms with van der Waals surface area (Å²) in [6.45, 7) is 1.02. The third-order valence-corrected chi connectivity index (χ3v) is 2.25. The molecule has 0 spiro atoms. The smallest absolute Gasteiger partial charge is 0.220 e. The molecule has 0 saturated carbocycles. The number of aliphatic hydroxyl groups excluding tert-OH is 4. The van der Waals surface area contributed by atoms with E-state index in [0.29, 0.717) is 6.42 Å². The maximum Gasteiger partial charge on any atom is 0.220 e. The third kappa shape index (κ3) is 5.22. The Morgan fingerprint density at radius 2 is 1.88 bits per heavy atom. The largest absolute Gasteiger partial charge is 0.394 e. The first-order valence-electron chi connectivity index (χ1n) is 5.37. The zero-order valence-electron chi connectivity index (χ0n) is 9.61. The van der Waals surface area contributed by atoms with Crippen molar-refractivity contribution >= 4 is 12.2 Å². The van der Waals surface area contributed by atoms with Gasteiger partial charge in [0.05, 0.1) is 6.61 Å². The minimum Gasteiger partial charge on any atom is -0.394 e. The molecule has 0 aromatic carbocycles. The maximum atomic E-state index is 11.2. The standard InChI is InChI=1S/C10H19NO6/c1-2-3-8(15)11-6(4-12)9(16)10(17)7(14)5-13/h4,6-7,9-10,13-14,16-17H,2-3,5H2,1H3,(H,11,15)/t6-,7-,9-,10-/m1/s1. The highest BCUT2D eigenvalue weighted by molar-refractivity contribution is 5.79. The Hall–Kier alpha value is -1.02. The van der Waals surface area contributed by atoms with Crippen LogP contribution in [0.15, 0.2) is 0 Å². The molecule has 0 heterocycles. The van der Waals surface area contributed by atoms with Crippen molar-refractivity contribution in [1.29, 1.82) is 0 Å². The van der Waals surface area contributed by atoms with E-state index in [1.165, 1.54) is 0 Å². The van der Waals surface area contributed by atoms with Gasteiger partial charge in [0, 0.05) is 6.42 Å². The van der Waals surface area contributed by atoms with Crippen LogP contribution in [0.2, 0.25) is 0 Å². The minimum atomic E-state index is -1.71. The molecule has 4 atom stereocenters. The first kappa shape index (κ1) is 16.0. The Morgan fingerprint density at radius 1 is 1.29 bits per heavy atom. The summed E-state index contributed by atoms with van der Waals surface area (Å²) in [5, 5.41) is 38.8. The second-order valence-electron chi connectivity index (χ2n) is 3.71. The minimum absolute atomic E-state index is 0.190. The molecule has 0 fully saturated rings. The molecule has 0 aromatic rings. The summed E-state index contributed by atoms with van der Waals surface area (Å²) in [6, 6.07) is -1.31. The molecular formula is C10H19NO6. The van der Waals surface area contributed by atoms with Crippen molar-refractivity contribution < 1.29 is 30.0 Å². The monoisotopic (exact) mass is 249 g/mol. The van der Waals surface area contributed by atoms with E-state index in [-0.39, 0.29) is 12.7 Å². The predicted molar refractivity (Wildman–Crippen MR) is 58.0 cm³/mol. The molecule has 0 aromatic heterocycles. The van der Waals surface area contributed by atoms with Gasteiger partial charge in [-0.05, 0) is 6.42 Å². The molecule has 0 bridgehead atoms. The Bertz CT molecular complexity index is 247. The van der Waals surface area contributed by atoms with E-state index in [2.05, 4.69) is 5.32 Å². The van der Waals surface area contributed by atoms with Gasteiger partial charge in [0.1, 0.15) is 30.6 Å². The molecule has 7 heteroatoms. The predicted octanol–water partition coefficient (Wildman–Crippen LogP) is -2.45. The summed E-state index contributed by atoms with van der Waals surface area (Å²) >= 11 is 0. The van der Waals surface area contributed by atoms with Crippen LogP contribution in [0.25, 0.3) is 0 Å². The normalized spacial score (nSPS) is 17.9. The number of amides is 1. The summed E-state index contributed by atoms with van der Waals surface area (Å²) in [5.41, 5.74) is 0. The maximum absolute atomic E-state index is 11.2. The molecule has 1 amide bonds. The number of carbonyl (C=O) groups is 2. The Morgan fingerprint density at radius 3 is 2.29 bits per heavy atom. The number of hydrogen-bond donors (Lipinski definition) is 5. The fourth-order valence-electron chi connectivity index (χ4n) is 1.23. The molecule has 0 rings (SSSR count). The number of aldehydes is 1. The SMILES string of the molecule is CCCC(=O)N[C@H](C=O)[C@@H](O)[C@H](O)[C@H](O)CO. The van der Waals surface area contributed by atoms with Gasteiger partial charge in [0.15, 0.2) is 0 Å². The lowest BCUT2D eigenvalue weighted by Gasteiger charge is -2.26. The first-order valence-corrected chi connectivity index (χ1v) is 5.37. The first-order chi connectivity index (χ1) is 7.97. The topological polar surface area (TPSA) is 127 Å². The van der Waals surface area contributed by atoms with Crippen molar-refractivity contribution in [1.82, 2.24) is 5.32 Å². The molecule has 0 aliphatic carbocycles. The van der Waals surface area contributed by atoms with E-state index in [4.69, 9.17) is 10.2 Å². The molecule has 0 aliphatic rings. The van der Waals surface area contributed by atoms with Gasteiger partial charge in [-0.1, -0.05) is 6.92 Å². The lowest BCUT2D eigenvalue weighted by atomic mass is 10.0. The molecule has 17 heavy (non-hydrogen) atoms. The van der Waals surface area contributed by atoms with Crippen LogP contribution >= 0.6 is 0 Å². The van der Waals surface area contributed by atoms with Crippen LogP contribution in [-0.4, -0.2) is 63.6 Å². The van der Waals surface area contributed by atoms with Crippen LogP contribution in [-0.2, 0) is 9.59 Å². The molecular weight excluding hydrogens is 230 g/mol. The van der Waals surface area contributed by atoms with Crippen LogP contribution in [0.4, 0.5) is 0 Å². The fourth-order valence-corrected chi connectivity index (χ4v) is 1.23. The van der Waals surface area contributed by atoms with Crippen LogP contribution in [0.3, 0.4) is 0 Å². The van der Waals surface area contributed by atoms with Crippen molar-refractivity contribution in [3.05, 3.63) is 0 Å². The average molecular weight is 249 g/mol. The molecule has 0 unspecified atom stereocenters. The Balaban J connectivity index is 4.43. The average Bonchev–Trinajstić information content (AvgIpc) is 2.33. The van der Waals surface area contributed by atoms with E-state index >= 15 is 0 Å². The van der Waals surface area contributed by atoms with Gasteiger partial charge in [0.2, 0.25) is 5.91 Å². The lowest BCUT2D eigenvalue weighted by Crippen LogP contribution is -2.53. The zero-order chi connectivity index (χ0) is 13.4. The van der Waals surface area contributed by atoms with E-state index in [0.717, 1.165) is 0 Å². The van der Waals surface area contributed by atoms with E-state index < -0.39 is 36.9 Å². The lowest BCUT2D eigenvalue weighted by molar-refractivity contribution is -0.131. The molecule has 0 radical (unpaired) electrons. The molecule has 5 N–H and O–H groups in total. The van der Waals surface area contributed by atoms with Crippen molar-refractivity contribution in [2.24, 2.45) is 0 Å². The summed E-state index contributed by atoms with van der Waals surface area (Å²) in [4.78, 5) is 21.9. The quantitative estimate of drug-likeness (QED) is 0.304. The van der Waals surface area contributed by atoms with Crippen molar-refractivity contribution in [2.45, 2.75) is 44.1 Å². The highest BCUT2D eigenvalue weighted by atomic mass is 16.4. The van der Waals surface area contributed by atoms with Crippen LogP contribution in [0.1, 0.15) is 19.8 Å². The van der Waals surface area contributed by atoms with Gasteiger partial charge >= 0.3 is 0 Å². The summed E-state index contributed by atoms with van der Waals surface area (Å²) in [6.07, 6.45) is -3.92. The third-order valence-electron chi connectivity index (χ3n) is 2.25. The molecule has 0 aliphatic heterocycles. The highest BCUT2D eigenvalue weighted by Crippen LogP contribution is 2.04. The molecule has 100 valence electrons. The van der Waals surface area contributed by atoms with Crippen molar-refractivity contribution in [2.75, 3.05) is 6.61 Å².